The average molecular weight is 283 g/mol. The molecule has 0 aromatic carbocycles. The van der Waals surface area contributed by atoms with Crippen LogP contribution in [0, 0.1) is 0 Å². The van der Waals surface area contributed by atoms with Crippen molar-refractivity contribution >= 4 is 10.0 Å². The van der Waals surface area contributed by atoms with Gasteiger partial charge < -0.3 is 9.88 Å². The number of hydrogen-bond donors (Lipinski definition) is 1. The molecule has 1 aliphatic carbocycles. The van der Waals surface area contributed by atoms with Gasteiger partial charge in [0.2, 0.25) is 10.0 Å². The Morgan fingerprint density at radius 1 is 1.58 bits per heavy atom. The highest BCUT2D eigenvalue weighted by atomic mass is 32.2. The van der Waals surface area contributed by atoms with Crippen molar-refractivity contribution in [3.63, 3.8) is 0 Å². The van der Waals surface area contributed by atoms with E-state index in [0.29, 0.717) is 18.0 Å². The third-order valence-electron chi connectivity index (χ3n) is 3.31. The van der Waals surface area contributed by atoms with E-state index in [1.165, 1.54) is 0 Å². The Morgan fingerprint density at radius 3 is 2.79 bits per heavy atom. The summed E-state index contributed by atoms with van der Waals surface area (Å²) in [7, 11) is 0.298. The van der Waals surface area contributed by atoms with Crippen LogP contribution in [-0.4, -0.2) is 36.9 Å². The van der Waals surface area contributed by atoms with Crippen LogP contribution >= 0.6 is 0 Å². The number of nitrogens with one attached hydrogen (secondary N) is 1. The van der Waals surface area contributed by atoms with E-state index in [9.17, 15) is 8.42 Å². The topological polar surface area (TPSA) is 54.3 Å². The molecule has 2 rings (SSSR count). The number of aromatic nitrogens is 1. The lowest BCUT2D eigenvalue weighted by Gasteiger charge is -2.19. The fraction of sp³-hybridized carbons (Fsp3) is 0.538. The molecule has 1 saturated carbocycles. The molecule has 0 radical (unpaired) electrons. The highest BCUT2D eigenvalue weighted by Crippen LogP contribution is 2.32. The maximum atomic E-state index is 12.6. The zero-order chi connectivity index (χ0) is 14.0. The smallest absolute Gasteiger partial charge is 0.245 e. The molecule has 0 amide bonds. The molecule has 1 aromatic rings. The Kier molecular flexibility index (Phi) is 4.13. The minimum Gasteiger partial charge on any atom is -0.352 e. The van der Waals surface area contributed by atoms with Gasteiger partial charge in [0.25, 0.3) is 0 Å². The van der Waals surface area contributed by atoms with Crippen LogP contribution in [0.25, 0.3) is 0 Å². The lowest BCUT2D eigenvalue weighted by atomic mass is 10.4. The lowest BCUT2D eigenvalue weighted by Crippen LogP contribution is -2.33. The van der Waals surface area contributed by atoms with Gasteiger partial charge in [-0.1, -0.05) is 6.08 Å². The van der Waals surface area contributed by atoms with E-state index in [1.807, 2.05) is 18.7 Å². The molecular formula is C13H21N3O2S. The van der Waals surface area contributed by atoms with Crippen LogP contribution in [0.2, 0.25) is 0 Å². The Morgan fingerprint density at radius 2 is 2.26 bits per heavy atom. The highest BCUT2D eigenvalue weighted by molar-refractivity contribution is 7.89. The van der Waals surface area contributed by atoms with Crippen molar-refractivity contribution in [2.24, 2.45) is 7.05 Å². The van der Waals surface area contributed by atoms with Gasteiger partial charge in [-0.15, -0.1) is 6.58 Å². The Hall–Kier alpha value is -1.11. The molecule has 1 fully saturated rings. The predicted molar refractivity (Wildman–Crippen MR) is 75.3 cm³/mol. The van der Waals surface area contributed by atoms with Crippen LogP contribution < -0.4 is 5.32 Å². The molecule has 0 bridgehead atoms. The first-order chi connectivity index (χ1) is 9.00. The molecule has 1 heterocycles. The van der Waals surface area contributed by atoms with Crippen LogP contribution in [0.4, 0.5) is 0 Å². The van der Waals surface area contributed by atoms with Gasteiger partial charge >= 0.3 is 0 Å². The van der Waals surface area contributed by atoms with Gasteiger partial charge in [-0.3, -0.25) is 0 Å². The van der Waals surface area contributed by atoms with Crippen molar-refractivity contribution in [2.75, 3.05) is 13.6 Å². The summed E-state index contributed by atoms with van der Waals surface area (Å²) in [6, 6.07) is 1.89. The van der Waals surface area contributed by atoms with Crippen molar-refractivity contribution in [1.29, 1.82) is 0 Å². The first-order valence-electron chi connectivity index (χ1n) is 6.43. The summed E-state index contributed by atoms with van der Waals surface area (Å²) in [5.74, 6) is 0. The Balaban J connectivity index is 2.32. The largest absolute Gasteiger partial charge is 0.352 e. The van der Waals surface area contributed by atoms with Crippen molar-refractivity contribution < 1.29 is 8.42 Å². The number of nitrogens with zero attached hydrogens (tertiary/aromatic N) is 2. The Bertz CT molecular complexity index is 558. The summed E-state index contributed by atoms with van der Waals surface area (Å²) in [5, 5.41) is 3.03. The molecule has 1 N–H and O–H groups in total. The summed E-state index contributed by atoms with van der Waals surface area (Å²) in [6.45, 7) is 4.68. The molecule has 0 saturated heterocycles. The van der Waals surface area contributed by atoms with Gasteiger partial charge in [-0.05, 0) is 26.0 Å². The number of aryl methyl sites for hydroxylation is 1. The maximum absolute atomic E-state index is 12.6. The van der Waals surface area contributed by atoms with Gasteiger partial charge in [0.1, 0.15) is 4.90 Å². The summed E-state index contributed by atoms with van der Waals surface area (Å²) in [6.07, 6.45) is 5.22. The van der Waals surface area contributed by atoms with Gasteiger partial charge in [-0.2, -0.15) is 4.31 Å². The van der Waals surface area contributed by atoms with Gasteiger partial charge in [0, 0.05) is 38.1 Å². The second kappa shape index (κ2) is 5.48. The van der Waals surface area contributed by atoms with E-state index < -0.39 is 10.0 Å². The molecular weight excluding hydrogens is 262 g/mol. The molecule has 106 valence electrons. The molecule has 5 nitrogen and oxygen atoms in total. The van der Waals surface area contributed by atoms with Crippen LogP contribution in [-0.2, 0) is 23.6 Å². The van der Waals surface area contributed by atoms with Crippen molar-refractivity contribution in [2.45, 2.75) is 30.3 Å². The van der Waals surface area contributed by atoms with E-state index in [1.54, 1.807) is 22.6 Å². The number of rotatable bonds is 7. The molecule has 1 aromatic heterocycles. The predicted octanol–water partition coefficient (Wildman–Crippen LogP) is 1.08. The van der Waals surface area contributed by atoms with E-state index in [-0.39, 0.29) is 6.04 Å². The normalized spacial score (nSPS) is 15.9. The van der Waals surface area contributed by atoms with Crippen molar-refractivity contribution in [3.05, 3.63) is 30.6 Å². The lowest BCUT2D eigenvalue weighted by molar-refractivity contribution is 0.436. The van der Waals surface area contributed by atoms with E-state index >= 15 is 0 Å². The van der Waals surface area contributed by atoms with Crippen molar-refractivity contribution in [3.8, 4) is 0 Å². The van der Waals surface area contributed by atoms with E-state index in [4.69, 9.17) is 0 Å². The van der Waals surface area contributed by atoms with E-state index in [0.717, 1.165) is 18.5 Å². The fourth-order valence-corrected chi connectivity index (χ4v) is 3.90. The first kappa shape index (κ1) is 14.3. The summed E-state index contributed by atoms with van der Waals surface area (Å²) >= 11 is 0. The third-order valence-corrected chi connectivity index (χ3v) is 5.19. The van der Waals surface area contributed by atoms with Gasteiger partial charge in [0.15, 0.2) is 0 Å². The molecule has 0 unspecified atom stereocenters. The third kappa shape index (κ3) is 2.91. The molecule has 0 spiro atoms. The van der Waals surface area contributed by atoms with Crippen molar-refractivity contribution in [1.82, 2.24) is 14.2 Å². The molecule has 0 aliphatic heterocycles. The van der Waals surface area contributed by atoms with Crippen LogP contribution in [0.3, 0.4) is 0 Å². The summed E-state index contributed by atoms with van der Waals surface area (Å²) in [4.78, 5) is 0.369. The Labute approximate surface area is 115 Å². The second-order valence-corrected chi connectivity index (χ2v) is 6.79. The highest BCUT2D eigenvalue weighted by Gasteiger charge is 2.37. The SMILES string of the molecule is C=CCN(C1CC1)S(=O)(=O)c1cc(CNC)n(C)c1. The fourth-order valence-electron chi connectivity index (χ4n) is 2.14. The molecule has 19 heavy (non-hydrogen) atoms. The second-order valence-electron chi connectivity index (χ2n) is 4.90. The number of hydrogen-bond acceptors (Lipinski definition) is 3. The number of sulfonamides is 1. The van der Waals surface area contributed by atoms with Crippen LogP contribution in [0.15, 0.2) is 29.8 Å². The minimum absolute atomic E-state index is 0.149. The van der Waals surface area contributed by atoms with Gasteiger partial charge in [0.05, 0.1) is 0 Å². The summed E-state index contributed by atoms with van der Waals surface area (Å²) in [5.41, 5.74) is 0.954. The first-order valence-corrected chi connectivity index (χ1v) is 7.87. The van der Waals surface area contributed by atoms with Crippen LogP contribution in [0.1, 0.15) is 18.5 Å². The van der Waals surface area contributed by atoms with Crippen LogP contribution in [0.5, 0.6) is 0 Å². The van der Waals surface area contributed by atoms with Gasteiger partial charge in [-0.25, -0.2) is 8.42 Å². The molecule has 6 heteroatoms. The molecule has 0 atom stereocenters. The average Bonchev–Trinajstić information content (AvgIpc) is 3.12. The zero-order valence-electron chi connectivity index (χ0n) is 11.5. The standard InChI is InChI=1S/C13H21N3O2S/c1-4-7-16(11-5-6-11)19(17,18)13-8-12(9-14-2)15(3)10-13/h4,8,10-11,14H,1,5-7,9H2,2-3H3. The summed E-state index contributed by atoms with van der Waals surface area (Å²) < 4.78 is 28.6. The maximum Gasteiger partial charge on any atom is 0.245 e. The minimum atomic E-state index is -3.41. The monoisotopic (exact) mass is 283 g/mol. The molecule has 1 aliphatic rings. The quantitative estimate of drug-likeness (QED) is 0.762. The zero-order valence-corrected chi connectivity index (χ0v) is 12.3. The van der Waals surface area contributed by atoms with E-state index in [2.05, 4.69) is 11.9 Å².